The van der Waals surface area contributed by atoms with E-state index in [-0.39, 0.29) is 24.6 Å². The van der Waals surface area contributed by atoms with Gasteiger partial charge in [0.25, 0.3) is 5.91 Å². The Bertz CT molecular complexity index is 1270. The number of carbonyl (C=O) groups is 3. The second-order valence-corrected chi connectivity index (χ2v) is 8.06. The van der Waals surface area contributed by atoms with E-state index in [4.69, 9.17) is 0 Å². The highest BCUT2D eigenvalue weighted by molar-refractivity contribution is 6.21. The van der Waals surface area contributed by atoms with E-state index in [9.17, 15) is 27.6 Å². The van der Waals surface area contributed by atoms with E-state index < -0.39 is 30.1 Å². The molecule has 8 nitrogen and oxygen atoms in total. The number of nitrogens with zero attached hydrogens (tertiary/aromatic N) is 3. The molecule has 3 aromatic rings. The minimum absolute atomic E-state index is 0.0571. The molecular formula is C25H21F3N4O4. The van der Waals surface area contributed by atoms with Gasteiger partial charge in [0, 0.05) is 12.7 Å². The number of ether oxygens (including phenoxy) is 1. The molecule has 2 aromatic carbocycles. The first-order chi connectivity index (χ1) is 17.1. The molecule has 0 radical (unpaired) electrons. The molecule has 1 aromatic heterocycles. The lowest BCUT2D eigenvalue weighted by molar-refractivity contribution is -0.274. The highest BCUT2D eigenvalue weighted by atomic mass is 19.4. The Morgan fingerprint density at radius 2 is 1.72 bits per heavy atom. The molecule has 186 valence electrons. The molecule has 1 aliphatic heterocycles. The summed E-state index contributed by atoms with van der Waals surface area (Å²) in [7, 11) is 0. The molecule has 1 fully saturated rings. The van der Waals surface area contributed by atoms with E-state index in [0.717, 1.165) is 22.6 Å². The fourth-order valence-electron chi connectivity index (χ4n) is 3.75. The van der Waals surface area contributed by atoms with Gasteiger partial charge in [0.15, 0.2) is 0 Å². The van der Waals surface area contributed by atoms with E-state index in [1.54, 1.807) is 19.1 Å². The van der Waals surface area contributed by atoms with E-state index in [1.165, 1.54) is 23.2 Å². The SMILES string of the molecule is CC1C(=O)N(c2ccc(OC(F)(F)F)cc2)C(=O)N1Cc1ccnc(NC(=O)Cc2ccccc2)c1. The third-order valence-corrected chi connectivity index (χ3v) is 5.46. The summed E-state index contributed by atoms with van der Waals surface area (Å²) in [5.74, 6) is -0.934. The van der Waals surface area contributed by atoms with Crippen LogP contribution in [-0.2, 0) is 22.6 Å². The minimum Gasteiger partial charge on any atom is -0.406 e. The molecule has 2 heterocycles. The second kappa shape index (κ2) is 10.1. The van der Waals surface area contributed by atoms with Crippen LogP contribution in [0.15, 0.2) is 72.9 Å². The van der Waals surface area contributed by atoms with Crippen LogP contribution in [0.3, 0.4) is 0 Å². The average molecular weight is 498 g/mol. The Labute approximate surface area is 204 Å². The van der Waals surface area contributed by atoms with Gasteiger partial charge < -0.3 is 15.0 Å². The van der Waals surface area contributed by atoms with Gasteiger partial charge in [0.1, 0.15) is 17.6 Å². The highest BCUT2D eigenvalue weighted by Gasteiger charge is 2.43. The van der Waals surface area contributed by atoms with Crippen LogP contribution in [0.2, 0.25) is 0 Å². The molecule has 1 N–H and O–H groups in total. The lowest BCUT2D eigenvalue weighted by Gasteiger charge is -2.20. The topological polar surface area (TPSA) is 91.8 Å². The number of amides is 4. The normalized spacial score (nSPS) is 15.8. The highest BCUT2D eigenvalue weighted by Crippen LogP contribution is 2.30. The minimum atomic E-state index is -4.85. The van der Waals surface area contributed by atoms with Crippen molar-refractivity contribution < 1.29 is 32.3 Å². The summed E-state index contributed by atoms with van der Waals surface area (Å²) >= 11 is 0. The first-order valence-electron chi connectivity index (χ1n) is 10.9. The zero-order chi connectivity index (χ0) is 25.9. The average Bonchev–Trinajstić information content (AvgIpc) is 3.02. The van der Waals surface area contributed by atoms with E-state index in [2.05, 4.69) is 15.0 Å². The number of urea groups is 1. The van der Waals surface area contributed by atoms with Crippen molar-refractivity contribution >= 4 is 29.4 Å². The Morgan fingerprint density at radius 1 is 1.03 bits per heavy atom. The lowest BCUT2D eigenvalue weighted by atomic mass is 10.1. The van der Waals surface area contributed by atoms with Gasteiger partial charge in [-0.15, -0.1) is 13.2 Å². The molecular weight excluding hydrogens is 477 g/mol. The molecule has 1 saturated heterocycles. The summed E-state index contributed by atoms with van der Waals surface area (Å²) in [5, 5.41) is 2.72. The van der Waals surface area contributed by atoms with Crippen molar-refractivity contribution in [2.24, 2.45) is 0 Å². The number of carbonyl (C=O) groups excluding carboxylic acids is 3. The summed E-state index contributed by atoms with van der Waals surface area (Å²) in [6.07, 6.45) is -3.20. The Morgan fingerprint density at radius 3 is 2.39 bits per heavy atom. The van der Waals surface area contributed by atoms with Gasteiger partial charge in [0.2, 0.25) is 5.91 Å². The number of hydrogen-bond acceptors (Lipinski definition) is 5. The maximum absolute atomic E-state index is 13.0. The molecule has 0 spiro atoms. The van der Waals surface area contributed by atoms with Crippen molar-refractivity contribution in [3.8, 4) is 5.75 Å². The van der Waals surface area contributed by atoms with Crippen LogP contribution in [0.25, 0.3) is 0 Å². The molecule has 1 unspecified atom stereocenters. The summed E-state index contributed by atoms with van der Waals surface area (Å²) in [5.41, 5.74) is 1.60. The predicted octanol–water partition coefficient (Wildman–Crippen LogP) is 4.52. The van der Waals surface area contributed by atoms with Crippen LogP contribution in [-0.4, -0.2) is 40.1 Å². The largest absolute Gasteiger partial charge is 0.573 e. The van der Waals surface area contributed by atoms with E-state index in [1.807, 2.05) is 30.3 Å². The molecule has 0 saturated carbocycles. The van der Waals surface area contributed by atoms with Crippen LogP contribution in [0, 0.1) is 0 Å². The first-order valence-corrected chi connectivity index (χ1v) is 10.9. The third-order valence-electron chi connectivity index (χ3n) is 5.46. The number of pyridine rings is 1. The molecule has 0 aliphatic carbocycles. The zero-order valence-electron chi connectivity index (χ0n) is 19.0. The summed E-state index contributed by atoms with van der Waals surface area (Å²) in [6.45, 7) is 1.62. The monoisotopic (exact) mass is 498 g/mol. The van der Waals surface area contributed by atoms with Crippen LogP contribution in [0.1, 0.15) is 18.1 Å². The molecule has 4 amide bonds. The molecule has 0 bridgehead atoms. The number of alkyl halides is 3. The van der Waals surface area contributed by atoms with Crippen molar-refractivity contribution in [2.45, 2.75) is 32.3 Å². The number of nitrogens with one attached hydrogen (secondary N) is 1. The molecule has 11 heteroatoms. The van der Waals surface area contributed by atoms with Crippen molar-refractivity contribution in [1.82, 2.24) is 9.88 Å². The maximum Gasteiger partial charge on any atom is 0.573 e. The Kier molecular flexibility index (Phi) is 6.91. The van der Waals surface area contributed by atoms with Crippen LogP contribution in [0.5, 0.6) is 5.75 Å². The maximum atomic E-state index is 13.0. The summed E-state index contributed by atoms with van der Waals surface area (Å²) in [4.78, 5) is 44.6. The fourth-order valence-corrected chi connectivity index (χ4v) is 3.75. The van der Waals surface area contributed by atoms with Crippen molar-refractivity contribution in [3.05, 3.63) is 84.1 Å². The molecule has 36 heavy (non-hydrogen) atoms. The zero-order valence-corrected chi connectivity index (χ0v) is 19.0. The number of hydrogen-bond donors (Lipinski definition) is 1. The third kappa shape index (κ3) is 5.80. The van der Waals surface area contributed by atoms with Gasteiger partial charge in [0.05, 0.1) is 12.1 Å². The van der Waals surface area contributed by atoms with Crippen LogP contribution < -0.4 is 15.0 Å². The Balaban J connectivity index is 1.44. The van der Waals surface area contributed by atoms with Gasteiger partial charge in [-0.25, -0.2) is 14.7 Å². The number of aromatic nitrogens is 1. The second-order valence-electron chi connectivity index (χ2n) is 8.06. The quantitative estimate of drug-likeness (QED) is 0.484. The van der Waals surface area contributed by atoms with Crippen molar-refractivity contribution in [3.63, 3.8) is 0 Å². The first kappa shape index (κ1) is 24.7. The summed E-state index contributed by atoms with van der Waals surface area (Å²) in [6, 6.07) is 15.5. The van der Waals surface area contributed by atoms with E-state index >= 15 is 0 Å². The lowest BCUT2D eigenvalue weighted by Crippen LogP contribution is -2.33. The van der Waals surface area contributed by atoms with Gasteiger partial charge in [-0.3, -0.25) is 9.59 Å². The fraction of sp³-hybridized carbons (Fsp3) is 0.200. The van der Waals surface area contributed by atoms with Gasteiger partial charge in [-0.05, 0) is 54.4 Å². The van der Waals surface area contributed by atoms with Crippen LogP contribution >= 0.6 is 0 Å². The van der Waals surface area contributed by atoms with Crippen molar-refractivity contribution in [1.29, 1.82) is 0 Å². The molecule has 1 aliphatic rings. The van der Waals surface area contributed by atoms with Crippen LogP contribution in [0.4, 0.5) is 29.5 Å². The number of imide groups is 1. The predicted molar refractivity (Wildman–Crippen MR) is 124 cm³/mol. The molecule has 1 atom stereocenters. The number of halogens is 3. The smallest absolute Gasteiger partial charge is 0.406 e. The van der Waals surface area contributed by atoms with Gasteiger partial charge in [-0.2, -0.15) is 0 Å². The van der Waals surface area contributed by atoms with Gasteiger partial charge in [-0.1, -0.05) is 30.3 Å². The Hall–Kier alpha value is -4.41. The number of benzene rings is 2. The summed E-state index contributed by atoms with van der Waals surface area (Å²) < 4.78 is 41.0. The number of rotatable bonds is 7. The van der Waals surface area contributed by atoms with E-state index in [0.29, 0.717) is 11.4 Å². The number of anilines is 2. The molecule has 4 rings (SSSR count). The van der Waals surface area contributed by atoms with Crippen molar-refractivity contribution in [2.75, 3.05) is 10.2 Å². The standard InChI is InChI=1S/C25H21F3N4O4/c1-16-23(34)32(19-7-9-20(10-8-19)36-25(26,27)28)24(35)31(16)15-18-11-12-29-21(13-18)30-22(33)14-17-5-3-2-4-6-17/h2-13,16H,14-15H2,1H3,(H,29,30,33). The van der Waals surface area contributed by atoms with Gasteiger partial charge >= 0.3 is 12.4 Å².